The molecule has 0 saturated carbocycles. The number of methoxy groups -OCH3 is 1. The number of rotatable bonds is 6. The number of likely N-dealkylation sites (tertiary alicyclic amines) is 1. The third-order valence-corrected chi connectivity index (χ3v) is 5.49. The number of carbonyl (C=O) groups excluding carboxylic acids is 2. The minimum Gasteiger partial charge on any atom is -0.507 e. The first-order valence-corrected chi connectivity index (χ1v) is 10.0. The van der Waals surface area contributed by atoms with Crippen molar-refractivity contribution in [3.63, 3.8) is 0 Å². The van der Waals surface area contributed by atoms with Gasteiger partial charge in [0, 0.05) is 32.2 Å². The molecule has 1 amide bonds. The van der Waals surface area contributed by atoms with Crippen LogP contribution in [0.1, 0.15) is 42.0 Å². The number of ketones is 1. The van der Waals surface area contributed by atoms with Crippen molar-refractivity contribution in [2.45, 2.75) is 38.8 Å². The predicted octanol–water partition coefficient (Wildman–Crippen LogP) is 3.37. The Kier molecular flexibility index (Phi) is 5.39. The molecule has 4 rings (SSSR count). The maximum atomic E-state index is 12.9. The molecule has 1 N–H and O–H groups in total. The molecule has 158 valence electrons. The van der Waals surface area contributed by atoms with Crippen LogP contribution in [-0.2, 0) is 20.7 Å². The number of aliphatic hydroxyl groups excluding tert-OH is 1. The van der Waals surface area contributed by atoms with Crippen LogP contribution in [0, 0.1) is 6.92 Å². The number of nitrogens with zero attached hydrogens (tertiary/aromatic N) is 1. The molecule has 1 saturated heterocycles. The van der Waals surface area contributed by atoms with Gasteiger partial charge in [0.15, 0.2) is 0 Å². The molecule has 0 aliphatic carbocycles. The number of aliphatic hydroxyl groups is 1. The van der Waals surface area contributed by atoms with Crippen molar-refractivity contribution in [2.75, 3.05) is 20.3 Å². The summed E-state index contributed by atoms with van der Waals surface area (Å²) in [6, 6.07) is 8.04. The zero-order chi connectivity index (χ0) is 21.4. The highest BCUT2D eigenvalue weighted by atomic mass is 16.5. The number of furan rings is 1. The molecule has 1 aromatic carbocycles. The van der Waals surface area contributed by atoms with Crippen molar-refractivity contribution in [1.29, 1.82) is 0 Å². The Hall–Kier alpha value is -3.06. The summed E-state index contributed by atoms with van der Waals surface area (Å²) in [6.07, 6.45) is 1.35. The van der Waals surface area contributed by atoms with Gasteiger partial charge in [-0.25, -0.2) is 0 Å². The standard InChI is InChI=1S/C23H25NO6/c1-13-5-7-18(29-13)20-19(22(26)23(27)24(20)9-4-10-28-3)21(25)15-6-8-17-16(12-15)11-14(2)30-17/h5-8,12,14,20,25H,4,9-11H2,1-3H3/t14-,20+/m0/s1. The van der Waals surface area contributed by atoms with Crippen LogP contribution >= 0.6 is 0 Å². The summed E-state index contributed by atoms with van der Waals surface area (Å²) >= 11 is 0. The number of fused-ring (bicyclic) bond motifs is 1. The summed E-state index contributed by atoms with van der Waals surface area (Å²) in [5, 5.41) is 11.1. The molecule has 30 heavy (non-hydrogen) atoms. The molecule has 2 atom stereocenters. The van der Waals surface area contributed by atoms with E-state index >= 15 is 0 Å². The van der Waals surface area contributed by atoms with Gasteiger partial charge < -0.3 is 23.9 Å². The summed E-state index contributed by atoms with van der Waals surface area (Å²) in [5.74, 6) is 0.320. The number of benzene rings is 1. The third kappa shape index (κ3) is 3.50. The molecule has 7 heteroatoms. The maximum Gasteiger partial charge on any atom is 0.295 e. The molecule has 2 aliphatic heterocycles. The molecule has 2 aliphatic rings. The van der Waals surface area contributed by atoms with Crippen LogP contribution in [0.15, 0.2) is 40.3 Å². The van der Waals surface area contributed by atoms with Gasteiger partial charge >= 0.3 is 0 Å². The van der Waals surface area contributed by atoms with E-state index in [4.69, 9.17) is 13.9 Å². The van der Waals surface area contributed by atoms with E-state index in [0.717, 1.165) is 17.7 Å². The summed E-state index contributed by atoms with van der Waals surface area (Å²) in [6.45, 7) is 4.54. The van der Waals surface area contributed by atoms with Crippen LogP contribution in [-0.4, -0.2) is 48.1 Å². The van der Waals surface area contributed by atoms with Gasteiger partial charge in [0.25, 0.3) is 11.7 Å². The second-order valence-corrected chi connectivity index (χ2v) is 7.74. The first-order chi connectivity index (χ1) is 14.4. The second-order valence-electron chi connectivity index (χ2n) is 7.74. The lowest BCUT2D eigenvalue weighted by Crippen LogP contribution is -2.31. The van der Waals surface area contributed by atoms with Gasteiger partial charge in [0.05, 0.1) is 5.57 Å². The summed E-state index contributed by atoms with van der Waals surface area (Å²) in [5.41, 5.74) is 1.49. The van der Waals surface area contributed by atoms with Gasteiger partial charge in [0.2, 0.25) is 0 Å². The Morgan fingerprint density at radius 3 is 2.77 bits per heavy atom. The zero-order valence-electron chi connectivity index (χ0n) is 17.3. The van der Waals surface area contributed by atoms with E-state index in [-0.39, 0.29) is 17.4 Å². The largest absolute Gasteiger partial charge is 0.507 e. The molecule has 0 spiro atoms. The van der Waals surface area contributed by atoms with Gasteiger partial charge in [-0.2, -0.15) is 0 Å². The van der Waals surface area contributed by atoms with Crippen LogP contribution in [0.4, 0.5) is 0 Å². The summed E-state index contributed by atoms with van der Waals surface area (Å²) < 4.78 is 16.6. The van der Waals surface area contributed by atoms with Gasteiger partial charge in [-0.15, -0.1) is 0 Å². The predicted molar refractivity (Wildman–Crippen MR) is 109 cm³/mol. The average molecular weight is 411 g/mol. The molecular formula is C23H25NO6. The molecular weight excluding hydrogens is 386 g/mol. The van der Waals surface area contributed by atoms with Crippen molar-refractivity contribution in [2.24, 2.45) is 0 Å². The minimum absolute atomic E-state index is 0.0404. The zero-order valence-corrected chi connectivity index (χ0v) is 17.3. The monoisotopic (exact) mass is 411 g/mol. The number of aryl methyl sites for hydroxylation is 1. The van der Waals surface area contributed by atoms with Crippen molar-refractivity contribution in [3.8, 4) is 5.75 Å². The van der Waals surface area contributed by atoms with E-state index in [0.29, 0.717) is 36.7 Å². The Bertz CT molecular complexity index is 1020. The van der Waals surface area contributed by atoms with Crippen LogP contribution < -0.4 is 4.74 Å². The lowest BCUT2D eigenvalue weighted by Gasteiger charge is -2.23. The molecule has 2 aromatic rings. The van der Waals surface area contributed by atoms with E-state index in [9.17, 15) is 14.7 Å². The Labute approximate surface area is 174 Å². The smallest absolute Gasteiger partial charge is 0.295 e. The average Bonchev–Trinajstić information content (AvgIpc) is 3.38. The first-order valence-electron chi connectivity index (χ1n) is 10.0. The van der Waals surface area contributed by atoms with Crippen molar-refractivity contribution in [1.82, 2.24) is 4.90 Å². The third-order valence-electron chi connectivity index (χ3n) is 5.49. The van der Waals surface area contributed by atoms with Crippen molar-refractivity contribution >= 4 is 17.4 Å². The molecule has 0 unspecified atom stereocenters. The van der Waals surface area contributed by atoms with Gasteiger partial charge in [-0.3, -0.25) is 9.59 Å². The number of hydrogen-bond donors (Lipinski definition) is 1. The normalized spacial score (nSPS) is 22.4. The minimum atomic E-state index is -0.779. The highest BCUT2D eigenvalue weighted by Gasteiger charge is 2.47. The molecule has 1 aromatic heterocycles. The number of amides is 1. The lowest BCUT2D eigenvalue weighted by atomic mass is 9.97. The van der Waals surface area contributed by atoms with E-state index in [1.807, 2.05) is 13.0 Å². The highest BCUT2D eigenvalue weighted by molar-refractivity contribution is 6.46. The van der Waals surface area contributed by atoms with E-state index in [2.05, 4.69) is 0 Å². The van der Waals surface area contributed by atoms with Crippen LogP contribution in [0.5, 0.6) is 5.75 Å². The van der Waals surface area contributed by atoms with Gasteiger partial charge in [-0.1, -0.05) is 0 Å². The lowest BCUT2D eigenvalue weighted by molar-refractivity contribution is -0.140. The number of carbonyl (C=O) groups is 2. The molecule has 0 bridgehead atoms. The summed E-state index contributed by atoms with van der Waals surface area (Å²) in [4.78, 5) is 27.2. The quantitative estimate of drug-likeness (QED) is 0.339. The molecule has 3 heterocycles. The number of hydrogen-bond acceptors (Lipinski definition) is 6. The number of ether oxygens (including phenoxy) is 2. The van der Waals surface area contributed by atoms with Crippen LogP contribution in [0.25, 0.3) is 5.76 Å². The highest BCUT2D eigenvalue weighted by Crippen LogP contribution is 2.41. The molecule has 1 fully saturated rings. The van der Waals surface area contributed by atoms with Gasteiger partial charge in [0.1, 0.15) is 35.2 Å². The molecule has 7 nitrogen and oxygen atoms in total. The fourth-order valence-electron chi connectivity index (χ4n) is 4.11. The molecule has 0 radical (unpaired) electrons. The van der Waals surface area contributed by atoms with E-state index in [1.165, 1.54) is 4.90 Å². The number of Topliss-reactive ketones (excluding diaryl/α,β-unsaturated/α-hetero) is 1. The summed E-state index contributed by atoms with van der Waals surface area (Å²) in [7, 11) is 1.58. The fraction of sp³-hybridized carbons (Fsp3) is 0.391. The maximum absolute atomic E-state index is 12.9. The van der Waals surface area contributed by atoms with Crippen molar-refractivity contribution in [3.05, 3.63) is 58.6 Å². The van der Waals surface area contributed by atoms with E-state index in [1.54, 1.807) is 38.3 Å². The fourth-order valence-corrected chi connectivity index (χ4v) is 4.11. The van der Waals surface area contributed by atoms with E-state index < -0.39 is 17.7 Å². The van der Waals surface area contributed by atoms with Gasteiger partial charge in [-0.05, 0) is 56.2 Å². The first kappa shape index (κ1) is 20.2. The Morgan fingerprint density at radius 2 is 2.07 bits per heavy atom. The Balaban J connectivity index is 1.78. The van der Waals surface area contributed by atoms with Crippen LogP contribution in [0.2, 0.25) is 0 Å². The second kappa shape index (κ2) is 7.99. The Morgan fingerprint density at radius 1 is 1.27 bits per heavy atom. The van der Waals surface area contributed by atoms with Crippen molar-refractivity contribution < 1.29 is 28.6 Å². The van der Waals surface area contributed by atoms with Crippen LogP contribution in [0.3, 0.4) is 0 Å². The topological polar surface area (TPSA) is 89.2 Å². The SMILES string of the molecule is COCCCN1C(=O)C(=O)C(=C(O)c2ccc3c(c2)C[C@H](C)O3)[C@H]1c1ccc(C)o1.